The van der Waals surface area contributed by atoms with Crippen molar-refractivity contribution < 1.29 is 0 Å². The van der Waals surface area contributed by atoms with Crippen LogP contribution in [0.25, 0.3) is 11.4 Å². The lowest BCUT2D eigenvalue weighted by Crippen LogP contribution is -2.50. The van der Waals surface area contributed by atoms with Crippen LogP contribution in [0.1, 0.15) is 37.9 Å². The highest BCUT2D eigenvalue weighted by Gasteiger charge is 2.51. The van der Waals surface area contributed by atoms with E-state index in [1.807, 2.05) is 12.1 Å². The second kappa shape index (κ2) is 6.13. The molecule has 1 fully saturated rings. The van der Waals surface area contributed by atoms with Gasteiger partial charge >= 0.3 is 0 Å². The van der Waals surface area contributed by atoms with Crippen LogP contribution in [0.4, 0.5) is 0 Å². The van der Waals surface area contributed by atoms with E-state index >= 15 is 0 Å². The fourth-order valence-corrected chi connectivity index (χ4v) is 5.17. The van der Waals surface area contributed by atoms with Crippen LogP contribution in [-0.2, 0) is 13.0 Å². The van der Waals surface area contributed by atoms with Gasteiger partial charge in [-0.3, -0.25) is 14.7 Å². The third kappa shape index (κ3) is 2.76. The Bertz CT molecular complexity index is 960. The summed E-state index contributed by atoms with van der Waals surface area (Å²) >= 11 is 0. The van der Waals surface area contributed by atoms with E-state index < -0.39 is 0 Å². The van der Waals surface area contributed by atoms with Crippen LogP contribution in [0.2, 0.25) is 0 Å². The van der Waals surface area contributed by atoms with Gasteiger partial charge in [-0.2, -0.15) is 0 Å². The summed E-state index contributed by atoms with van der Waals surface area (Å²) in [5.74, 6) is 2.21. The lowest BCUT2D eigenvalue weighted by molar-refractivity contribution is -0.0110. The summed E-state index contributed by atoms with van der Waals surface area (Å²) < 4.78 is 0. The topological polar surface area (TPSA) is 61.9 Å². The van der Waals surface area contributed by atoms with E-state index in [9.17, 15) is 4.79 Å². The van der Waals surface area contributed by atoms with Gasteiger partial charge in [0.2, 0.25) is 0 Å². The van der Waals surface area contributed by atoms with Crippen molar-refractivity contribution in [3.05, 3.63) is 57.8 Å². The minimum Gasteiger partial charge on any atom is -0.306 e. The van der Waals surface area contributed by atoms with E-state index in [0.29, 0.717) is 17.8 Å². The number of pyridine rings is 1. The number of rotatable bonds is 3. The number of nitrogens with zero attached hydrogens (tertiary/aromatic N) is 3. The van der Waals surface area contributed by atoms with Crippen molar-refractivity contribution in [2.45, 2.75) is 39.7 Å². The van der Waals surface area contributed by atoms with Crippen LogP contribution in [-0.4, -0.2) is 32.9 Å². The van der Waals surface area contributed by atoms with E-state index in [0.717, 1.165) is 48.2 Å². The van der Waals surface area contributed by atoms with Crippen molar-refractivity contribution in [1.29, 1.82) is 0 Å². The monoisotopic (exact) mass is 362 g/mol. The van der Waals surface area contributed by atoms with Gasteiger partial charge < -0.3 is 4.98 Å². The van der Waals surface area contributed by atoms with Crippen LogP contribution in [0.3, 0.4) is 0 Å². The molecular weight excluding hydrogens is 336 g/mol. The fourth-order valence-electron chi connectivity index (χ4n) is 5.17. The van der Waals surface area contributed by atoms with E-state index in [2.05, 4.69) is 34.8 Å². The second-order valence-electron chi connectivity index (χ2n) is 8.86. The lowest BCUT2D eigenvalue weighted by Gasteiger charge is -2.57. The Morgan fingerprint density at radius 2 is 2.26 bits per heavy atom. The summed E-state index contributed by atoms with van der Waals surface area (Å²) in [6, 6.07) is 3.79. The number of allylic oxidation sites excluding steroid dienone is 1. The van der Waals surface area contributed by atoms with Crippen LogP contribution < -0.4 is 5.56 Å². The molecule has 1 N–H and O–H groups in total. The zero-order valence-electron chi connectivity index (χ0n) is 16.0. The number of nitrogens with one attached hydrogen (secondary N) is 1. The standard InChI is InChI=1S/C22H26N4O/c1-22(2)16-6-5-15(18(22)10-16)12-26-9-7-19-17(13-26)21(27)25-20(24-19)14-4-3-8-23-11-14/h3-5,8,11,16,18H,6-7,9-10,12-13H2,1-2H3,(H,24,25,27). The molecule has 2 atom stereocenters. The van der Waals surface area contributed by atoms with Gasteiger partial charge in [-0.15, -0.1) is 0 Å². The molecule has 3 aliphatic carbocycles. The highest BCUT2D eigenvalue weighted by Crippen LogP contribution is 2.59. The van der Waals surface area contributed by atoms with E-state index in [1.165, 1.54) is 12.8 Å². The van der Waals surface area contributed by atoms with Crippen molar-refractivity contribution in [3.8, 4) is 11.4 Å². The van der Waals surface area contributed by atoms with Gasteiger partial charge in [-0.1, -0.05) is 25.5 Å². The van der Waals surface area contributed by atoms with Gasteiger partial charge in [0.15, 0.2) is 0 Å². The second-order valence-corrected chi connectivity index (χ2v) is 8.86. The first kappa shape index (κ1) is 16.9. The van der Waals surface area contributed by atoms with Gasteiger partial charge in [-0.05, 0) is 42.2 Å². The number of fused-ring (bicyclic) bond motifs is 2. The number of hydrogen-bond acceptors (Lipinski definition) is 4. The van der Waals surface area contributed by atoms with E-state index in [-0.39, 0.29) is 5.56 Å². The Labute approximate surface area is 159 Å². The van der Waals surface area contributed by atoms with Gasteiger partial charge in [0.25, 0.3) is 5.56 Å². The Balaban J connectivity index is 1.36. The van der Waals surface area contributed by atoms with Crippen molar-refractivity contribution in [3.63, 3.8) is 0 Å². The third-order valence-electron chi connectivity index (χ3n) is 7.07. The van der Waals surface area contributed by atoms with Crippen LogP contribution >= 0.6 is 0 Å². The molecule has 140 valence electrons. The average Bonchev–Trinajstić information content (AvgIpc) is 2.69. The molecule has 6 rings (SSSR count). The molecule has 0 saturated heterocycles. The molecule has 2 aromatic heterocycles. The SMILES string of the molecule is CC1(C)C2CC=C(CN3CCc4nc(-c5cccnc5)[nH]c(=O)c4C3)C1C2. The maximum Gasteiger partial charge on any atom is 0.255 e. The molecule has 4 aliphatic rings. The Morgan fingerprint density at radius 3 is 3.00 bits per heavy atom. The van der Waals surface area contributed by atoms with Crippen molar-refractivity contribution in [2.75, 3.05) is 13.1 Å². The number of aromatic nitrogens is 3. The van der Waals surface area contributed by atoms with Crippen LogP contribution in [0.15, 0.2) is 41.0 Å². The zero-order chi connectivity index (χ0) is 18.6. The largest absolute Gasteiger partial charge is 0.306 e. The fraction of sp³-hybridized carbons (Fsp3) is 0.500. The summed E-state index contributed by atoms with van der Waals surface area (Å²) in [6.45, 7) is 7.48. The first-order chi connectivity index (χ1) is 13.0. The third-order valence-corrected chi connectivity index (χ3v) is 7.07. The van der Waals surface area contributed by atoms with E-state index in [1.54, 1.807) is 18.0 Å². The molecule has 0 amide bonds. The first-order valence-corrected chi connectivity index (χ1v) is 9.96. The van der Waals surface area contributed by atoms with Gasteiger partial charge in [-0.25, -0.2) is 4.98 Å². The molecular formula is C22H26N4O. The quantitative estimate of drug-likeness (QED) is 0.852. The molecule has 0 aromatic carbocycles. The molecule has 27 heavy (non-hydrogen) atoms. The summed E-state index contributed by atoms with van der Waals surface area (Å²) in [4.78, 5) is 27.0. The van der Waals surface area contributed by atoms with Crippen LogP contribution in [0.5, 0.6) is 0 Å². The molecule has 0 spiro atoms. The highest BCUT2D eigenvalue weighted by molar-refractivity contribution is 5.53. The van der Waals surface area contributed by atoms with Crippen molar-refractivity contribution in [2.24, 2.45) is 17.3 Å². The molecule has 2 bridgehead atoms. The van der Waals surface area contributed by atoms with Gasteiger partial charge in [0, 0.05) is 44.0 Å². The molecule has 1 aliphatic heterocycles. The minimum absolute atomic E-state index is 0.00906. The molecule has 5 heteroatoms. The molecule has 2 unspecified atom stereocenters. The van der Waals surface area contributed by atoms with Gasteiger partial charge in [0.05, 0.1) is 11.3 Å². The summed E-state index contributed by atoms with van der Waals surface area (Å²) in [5.41, 5.74) is 4.66. The predicted molar refractivity (Wildman–Crippen MR) is 105 cm³/mol. The molecule has 3 heterocycles. The zero-order valence-corrected chi connectivity index (χ0v) is 16.0. The van der Waals surface area contributed by atoms with Crippen LogP contribution in [0, 0.1) is 17.3 Å². The lowest BCUT2D eigenvalue weighted by atomic mass is 9.49. The smallest absolute Gasteiger partial charge is 0.255 e. The molecule has 2 aromatic rings. The Kier molecular flexibility index (Phi) is 3.83. The summed E-state index contributed by atoms with van der Waals surface area (Å²) in [5, 5.41) is 0. The molecule has 0 radical (unpaired) electrons. The van der Waals surface area contributed by atoms with E-state index in [4.69, 9.17) is 4.98 Å². The van der Waals surface area contributed by atoms with Crippen molar-refractivity contribution in [1.82, 2.24) is 19.9 Å². The molecule has 5 nitrogen and oxygen atoms in total. The maximum atomic E-state index is 12.7. The Hall–Kier alpha value is -2.27. The summed E-state index contributed by atoms with van der Waals surface area (Å²) in [7, 11) is 0. The van der Waals surface area contributed by atoms with Gasteiger partial charge in [0.1, 0.15) is 5.82 Å². The average molecular weight is 362 g/mol. The minimum atomic E-state index is -0.00906. The number of aromatic amines is 1. The summed E-state index contributed by atoms with van der Waals surface area (Å²) in [6.07, 6.45) is 9.33. The first-order valence-electron chi connectivity index (χ1n) is 9.96. The predicted octanol–water partition coefficient (Wildman–Crippen LogP) is 3.18. The highest BCUT2D eigenvalue weighted by atomic mass is 16.1. The normalized spacial score (nSPS) is 26.1. The van der Waals surface area contributed by atoms with Crippen molar-refractivity contribution >= 4 is 0 Å². The Morgan fingerprint density at radius 1 is 1.37 bits per heavy atom. The maximum absolute atomic E-state index is 12.7. The molecule has 1 saturated carbocycles. The number of hydrogen-bond donors (Lipinski definition) is 1. The number of H-pyrrole nitrogens is 1.